The topological polar surface area (TPSA) is 107 Å². The maximum absolute atomic E-state index is 11.2. The number of primary amides is 1. The lowest BCUT2D eigenvalue weighted by molar-refractivity contribution is -0.385. The predicted molar refractivity (Wildman–Crippen MR) is 65.3 cm³/mol. The van der Waals surface area contributed by atoms with Crippen LogP contribution in [0.25, 0.3) is 0 Å². The number of likely N-dealkylation sites (N-methyl/N-ethyl adjacent to an activating group) is 1. The third-order valence-corrected chi connectivity index (χ3v) is 2.67. The number of benzene rings is 1. The lowest BCUT2D eigenvalue weighted by atomic mass is 10.0. The first-order valence-electron chi connectivity index (χ1n) is 5.26. The van der Waals surface area contributed by atoms with Crippen LogP contribution in [-0.4, -0.2) is 30.0 Å². The Hall–Kier alpha value is -2.15. The molecule has 0 radical (unpaired) electrons. The average molecular weight is 253 g/mol. The van der Waals surface area contributed by atoms with E-state index in [9.17, 15) is 14.9 Å². The largest absolute Gasteiger partial charge is 0.484 e. The summed E-state index contributed by atoms with van der Waals surface area (Å²) in [5.74, 6) is -0.492. The summed E-state index contributed by atoms with van der Waals surface area (Å²) in [7, 11) is 1.56. The van der Waals surface area contributed by atoms with Crippen LogP contribution < -0.4 is 15.8 Å². The molecule has 98 valence electrons. The van der Waals surface area contributed by atoms with Crippen molar-refractivity contribution in [2.45, 2.75) is 12.5 Å². The Labute approximate surface area is 104 Å². The highest BCUT2D eigenvalue weighted by Gasteiger charge is 2.31. The fraction of sp³-hybridized carbons (Fsp3) is 0.364. The first kappa shape index (κ1) is 13.9. The molecule has 0 bridgehead atoms. The molecule has 7 nitrogen and oxygen atoms in total. The number of rotatable bonds is 6. The Kier molecular flexibility index (Phi) is 4.22. The van der Waals surface area contributed by atoms with Gasteiger partial charge in [-0.2, -0.15) is 0 Å². The van der Waals surface area contributed by atoms with Crippen molar-refractivity contribution in [1.29, 1.82) is 0 Å². The first-order chi connectivity index (χ1) is 8.40. The van der Waals surface area contributed by atoms with E-state index < -0.39 is 16.4 Å². The second-order valence-electron chi connectivity index (χ2n) is 3.96. The van der Waals surface area contributed by atoms with Gasteiger partial charge in [0, 0.05) is 6.07 Å². The van der Waals surface area contributed by atoms with Crippen LogP contribution in [0.4, 0.5) is 5.69 Å². The predicted octanol–water partition coefficient (Wildman–Crippen LogP) is 0.437. The lowest BCUT2D eigenvalue weighted by Gasteiger charge is -2.25. The summed E-state index contributed by atoms with van der Waals surface area (Å²) < 4.78 is 5.31. The van der Waals surface area contributed by atoms with E-state index in [4.69, 9.17) is 10.5 Å². The van der Waals surface area contributed by atoms with Gasteiger partial charge < -0.3 is 15.8 Å². The Bertz CT molecular complexity index is 463. The minimum atomic E-state index is -1.08. The molecule has 0 saturated carbocycles. The third kappa shape index (κ3) is 2.95. The zero-order valence-corrected chi connectivity index (χ0v) is 10.2. The minimum Gasteiger partial charge on any atom is -0.484 e. The summed E-state index contributed by atoms with van der Waals surface area (Å²) in [6, 6.07) is 5.95. The van der Waals surface area contributed by atoms with Crippen LogP contribution in [0.5, 0.6) is 5.75 Å². The monoisotopic (exact) mass is 253 g/mol. The maximum atomic E-state index is 11.2. The number of hydrogen-bond donors (Lipinski definition) is 2. The van der Waals surface area contributed by atoms with Crippen molar-refractivity contribution in [3.8, 4) is 5.75 Å². The summed E-state index contributed by atoms with van der Waals surface area (Å²) in [4.78, 5) is 21.5. The molecule has 1 atom stereocenters. The maximum Gasteiger partial charge on any atom is 0.310 e. The van der Waals surface area contributed by atoms with E-state index in [-0.39, 0.29) is 18.0 Å². The molecule has 1 amide bonds. The number of nitrogens with two attached hydrogens (primary N) is 1. The van der Waals surface area contributed by atoms with Gasteiger partial charge in [-0.05, 0) is 20.0 Å². The van der Waals surface area contributed by atoms with Crippen LogP contribution in [0.1, 0.15) is 6.92 Å². The second kappa shape index (κ2) is 5.46. The molecule has 0 aliphatic carbocycles. The minimum absolute atomic E-state index is 0.0936. The molecule has 0 fully saturated rings. The average Bonchev–Trinajstić information content (AvgIpc) is 2.35. The van der Waals surface area contributed by atoms with Gasteiger partial charge in [0.15, 0.2) is 5.75 Å². The Morgan fingerprint density at radius 1 is 1.56 bits per heavy atom. The van der Waals surface area contributed by atoms with Gasteiger partial charge in [-0.15, -0.1) is 0 Å². The number of carbonyl (C=O) groups excluding carboxylic acids is 1. The van der Waals surface area contributed by atoms with E-state index in [2.05, 4.69) is 5.32 Å². The molecular weight excluding hydrogens is 238 g/mol. The second-order valence-corrected chi connectivity index (χ2v) is 3.96. The molecule has 3 N–H and O–H groups in total. The number of para-hydroxylation sites is 2. The van der Waals surface area contributed by atoms with Crippen molar-refractivity contribution in [3.63, 3.8) is 0 Å². The van der Waals surface area contributed by atoms with Crippen LogP contribution in [0.15, 0.2) is 24.3 Å². The van der Waals surface area contributed by atoms with Gasteiger partial charge in [0.05, 0.1) is 4.92 Å². The first-order valence-corrected chi connectivity index (χ1v) is 5.26. The summed E-state index contributed by atoms with van der Waals surface area (Å²) >= 11 is 0. The summed E-state index contributed by atoms with van der Waals surface area (Å²) in [6.45, 7) is 1.47. The number of nitrogens with one attached hydrogen (secondary N) is 1. The molecule has 0 saturated heterocycles. The molecule has 1 aromatic rings. The smallest absolute Gasteiger partial charge is 0.310 e. The van der Waals surface area contributed by atoms with E-state index in [1.807, 2.05) is 0 Å². The molecule has 1 rings (SSSR count). The van der Waals surface area contributed by atoms with Crippen molar-refractivity contribution in [2.24, 2.45) is 5.73 Å². The highest BCUT2D eigenvalue weighted by molar-refractivity contribution is 5.84. The van der Waals surface area contributed by atoms with Gasteiger partial charge in [0.2, 0.25) is 5.91 Å². The molecule has 1 aromatic carbocycles. The molecule has 0 aliphatic rings. The van der Waals surface area contributed by atoms with E-state index >= 15 is 0 Å². The van der Waals surface area contributed by atoms with Crippen molar-refractivity contribution in [1.82, 2.24) is 5.32 Å². The zero-order chi connectivity index (χ0) is 13.8. The number of ether oxygens (including phenoxy) is 1. The van der Waals surface area contributed by atoms with E-state index in [0.29, 0.717) is 0 Å². The van der Waals surface area contributed by atoms with Crippen molar-refractivity contribution >= 4 is 11.6 Å². The number of nitro benzene ring substituents is 1. The van der Waals surface area contributed by atoms with Crippen LogP contribution in [-0.2, 0) is 4.79 Å². The van der Waals surface area contributed by atoms with Gasteiger partial charge in [0.25, 0.3) is 0 Å². The molecule has 18 heavy (non-hydrogen) atoms. The molecule has 0 aliphatic heterocycles. The quantitative estimate of drug-likeness (QED) is 0.565. The van der Waals surface area contributed by atoms with Crippen molar-refractivity contribution in [2.75, 3.05) is 13.7 Å². The van der Waals surface area contributed by atoms with Crippen molar-refractivity contribution in [3.05, 3.63) is 34.4 Å². The van der Waals surface area contributed by atoms with Crippen LogP contribution in [0.2, 0.25) is 0 Å². The number of hydrogen-bond acceptors (Lipinski definition) is 5. The highest BCUT2D eigenvalue weighted by atomic mass is 16.6. The standard InChI is InChI=1S/C11H15N3O4/c1-11(13-2,10(12)15)7-18-9-6-4-3-5-8(9)14(16)17/h3-6,13H,7H2,1-2H3,(H2,12,15). The summed E-state index contributed by atoms with van der Waals surface area (Å²) in [6.07, 6.45) is 0. The third-order valence-electron chi connectivity index (χ3n) is 2.67. The molecular formula is C11H15N3O4. The fourth-order valence-electron chi connectivity index (χ4n) is 1.22. The molecule has 7 heteroatoms. The SMILES string of the molecule is CNC(C)(COc1ccccc1[N+](=O)[O-])C(N)=O. The highest BCUT2D eigenvalue weighted by Crippen LogP contribution is 2.26. The Morgan fingerprint density at radius 2 is 2.17 bits per heavy atom. The Morgan fingerprint density at radius 3 is 2.67 bits per heavy atom. The van der Waals surface area contributed by atoms with E-state index in [1.54, 1.807) is 20.0 Å². The van der Waals surface area contributed by atoms with Gasteiger partial charge in [-0.1, -0.05) is 12.1 Å². The van der Waals surface area contributed by atoms with Crippen LogP contribution in [0, 0.1) is 10.1 Å². The zero-order valence-electron chi connectivity index (χ0n) is 10.2. The van der Waals surface area contributed by atoms with E-state index in [1.165, 1.54) is 18.2 Å². The molecule has 0 heterocycles. The van der Waals surface area contributed by atoms with Gasteiger partial charge in [-0.25, -0.2) is 0 Å². The van der Waals surface area contributed by atoms with Crippen LogP contribution in [0.3, 0.4) is 0 Å². The number of nitrogens with zero attached hydrogens (tertiary/aromatic N) is 1. The molecule has 1 unspecified atom stereocenters. The number of amides is 1. The normalized spacial score (nSPS) is 13.7. The molecule has 0 spiro atoms. The lowest BCUT2D eigenvalue weighted by Crippen LogP contribution is -2.55. The summed E-state index contributed by atoms with van der Waals surface area (Å²) in [5, 5.41) is 13.5. The van der Waals surface area contributed by atoms with Crippen LogP contribution >= 0.6 is 0 Å². The van der Waals surface area contributed by atoms with Gasteiger partial charge in [0.1, 0.15) is 12.1 Å². The van der Waals surface area contributed by atoms with Crippen molar-refractivity contribution < 1.29 is 14.5 Å². The number of nitro groups is 1. The van der Waals surface area contributed by atoms with E-state index in [0.717, 1.165) is 0 Å². The van der Waals surface area contributed by atoms with Gasteiger partial charge >= 0.3 is 5.69 Å². The van der Waals surface area contributed by atoms with Gasteiger partial charge in [-0.3, -0.25) is 14.9 Å². The Balaban J connectivity index is 2.86. The summed E-state index contributed by atoms with van der Waals surface area (Å²) in [5.41, 5.74) is 4.00. The number of carbonyl (C=O) groups is 1. The molecule has 0 aromatic heterocycles. The fourth-order valence-corrected chi connectivity index (χ4v) is 1.22.